The van der Waals surface area contributed by atoms with Crippen LogP contribution in [-0.2, 0) is 4.79 Å². The van der Waals surface area contributed by atoms with E-state index in [0.29, 0.717) is 12.5 Å². The van der Waals surface area contributed by atoms with E-state index in [9.17, 15) is 4.79 Å². The van der Waals surface area contributed by atoms with Gasteiger partial charge in [-0.1, -0.05) is 12.5 Å². The van der Waals surface area contributed by atoms with Gasteiger partial charge in [-0.05, 0) is 49.6 Å². The highest BCUT2D eigenvalue weighted by Crippen LogP contribution is 2.32. The van der Waals surface area contributed by atoms with E-state index in [1.165, 1.54) is 0 Å². The van der Waals surface area contributed by atoms with Crippen LogP contribution in [-0.4, -0.2) is 17.4 Å². The molecular weight excluding hydrogens is 250 g/mol. The molecule has 3 rings (SSSR count). The Labute approximate surface area is 118 Å². The molecule has 1 saturated carbocycles. The number of hydrogen-bond donors (Lipinski definition) is 2. The van der Waals surface area contributed by atoms with Gasteiger partial charge < -0.3 is 11.1 Å². The van der Waals surface area contributed by atoms with Crippen molar-refractivity contribution in [3.8, 4) is 0 Å². The van der Waals surface area contributed by atoms with Gasteiger partial charge in [-0.2, -0.15) is 0 Å². The Morgan fingerprint density at radius 2 is 2.25 bits per heavy atom. The largest absolute Gasteiger partial charge is 0.330 e. The molecule has 1 heterocycles. The number of carbonyl (C=O) groups excluding carboxylic acids is 1. The zero-order valence-corrected chi connectivity index (χ0v) is 11.4. The van der Waals surface area contributed by atoms with Crippen LogP contribution in [0.25, 0.3) is 10.9 Å². The summed E-state index contributed by atoms with van der Waals surface area (Å²) < 4.78 is 0. The van der Waals surface area contributed by atoms with Crippen molar-refractivity contribution in [3.05, 3.63) is 36.5 Å². The van der Waals surface area contributed by atoms with Crippen molar-refractivity contribution in [2.45, 2.75) is 19.3 Å². The number of nitrogens with zero attached hydrogens (tertiary/aromatic N) is 1. The van der Waals surface area contributed by atoms with E-state index in [0.717, 1.165) is 35.9 Å². The molecule has 104 valence electrons. The summed E-state index contributed by atoms with van der Waals surface area (Å²) in [5, 5.41) is 4.05. The second-order valence-corrected chi connectivity index (χ2v) is 5.43. The van der Waals surface area contributed by atoms with Crippen LogP contribution in [0.4, 0.5) is 5.69 Å². The monoisotopic (exact) mass is 269 g/mol. The molecule has 3 N–H and O–H groups in total. The number of pyridine rings is 1. The Morgan fingerprint density at radius 1 is 1.35 bits per heavy atom. The maximum Gasteiger partial charge on any atom is 0.227 e. The molecule has 4 nitrogen and oxygen atoms in total. The van der Waals surface area contributed by atoms with Gasteiger partial charge in [-0.25, -0.2) is 0 Å². The fourth-order valence-corrected chi connectivity index (χ4v) is 3.05. The topological polar surface area (TPSA) is 68.0 Å². The molecule has 20 heavy (non-hydrogen) atoms. The Kier molecular flexibility index (Phi) is 3.65. The van der Waals surface area contributed by atoms with E-state index in [1.807, 2.05) is 30.3 Å². The van der Waals surface area contributed by atoms with Gasteiger partial charge in [0.25, 0.3) is 0 Å². The van der Waals surface area contributed by atoms with Crippen molar-refractivity contribution >= 4 is 22.5 Å². The average molecular weight is 269 g/mol. The van der Waals surface area contributed by atoms with Gasteiger partial charge >= 0.3 is 0 Å². The highest BCUT2D eigenvalue weighted by atomic mass is 16.1. The maximum atomic E-state index is 12.3. The van der Waals surface area contributed by atoms with Crippen molar-refractivity contribution in [2.24, 2.45) is 17.6 Å². The third-order valence-electron chi connectivity index (χ3n) is 4.17. The number of nitrogens with two attached hydrogens (primary N) is 1. The van der Waals surface area contributed by atoms with Gasteiger partial charge in [0.05, 0.1) is 5.52 Å². The summed E-state index contributed by atoms with van der Waals surface area (Å²) >= 11 is 0. The molecule has 0 radical (unpaired) electrons. The Bertz CT molecular complexity index is 626. The van der Waals surface area contributed by atoms with E-state index in [-0.39, 0.29) is 11.8 Å². The number of amides is 1. The molecule has 4 heteroatoms. The number of rotatable bonds is 3. The molecule has 1 aliphatic carbocycles. The molecule has 1 aliphatic rings. The van der Waals surface area contributed by atoms with Gasteiger partial charge in [0.15, 0.2) is 0 Å². The summed E-state index contributed by atoms with van der Waals surface area (Å²) in [6.45, 7) is 0.597. The second kappa shape index (κ2) is 5.59. The van der Waals surface area contributed by atoms with Crippen LogP contribution in [0.2, 0.25) is 0 Å². The van der Waals surface area contributed by atoms with Gasteiger partial charge in [0.1, 0.15) is 0 Å². The first-order valence-corrected chi connectivity index (χ1v) is 7.13. The summed E-state index contributed by atoms with van der Waals surface area (Å²) in [5.74, 6) is 0.489. The number of fused-ring (bicyclic) bond motifs is 1. The summed E-state index contributed by atoms with van der Waals surface area (Å²) in [4.78, 5) is 16.6. The normalized spacial score (nSPS) is 22.1. The lowest BCUT2D eigenvalue weighted by atomic mass is 9.95. The summed E-state index contributed by atoms with van der Waals surface area (Å²) in [5.41, 5.74) is 7.51. The fourth-order valence-electron chi connectivity index (χ4n) is 3.05. The van der Waals surface area contributed by atoms with Crippen LogP contribution in [0, 0.1) is 11.8 Å². The molecular formula is C16H19N3O. The fraction of sp³-hybridized carbons (Fsp3) is 0.375. The second-order valence-electron chi connectivity index (χ2n) is 5.43. The first-order chi connectivity index (χ1) is 9.78. The number of carbonyl (C=O) groups is 1. The highest BCUT2D eigenvalue weighted by Gasteiger charge is 2.31. The lowest BCUT2D eigenvalue weighted by Crippen LogP contribution is -2.29. The molecule has 0 aliphatic heterocycles. The zero-order valence-electron chi connectivity index (χ0n) is 11.4. The van der Waals surface area contributed by atoms with Crippen molar-refractivity contribution in [1.29, 1.82) is 0 Å². The molecule has 1 amide bonds. The van der Waals surface area contributed by atoms with Gasteiger partial charge in [0.2, 0.25) is 5.91 Å². The number of anilines is 1. The average Bonchev–Trinajstić information content (AvgIpc) is 2.95. The van der Waals surface area contributed by atoms with Crippen LogP contribution in [0.5, 0.6) is 0 Å². The third kappa shape index (κ3) is 2.51. The summed E-state index contributed by atoms with van der Waals surface area (Å²) in [6.07, 6.45) is 4.88. The van der Waals surface area contributed by atoms with E-state index < -0.39 is 0 Å². The standard InChI is InChI=1S/C16H19N3O/c17-10-12-3-1-5-14(12)16(20)19-13-6-7-15-11(9-13)4-2-8-18-15/h2,4,6-9,12,14H,1,3,5,10,17H2,(H,19,20)/t12-,14-/m1/s1. The van der Waals surface area contributed by atoms with Crippen LogP contribution >= 0.6 is 0 Å². The van der Waals surface area contributed by atoms with Gasteiger partial charge in [0, 0.05) is 23.2 Å². The Balaban J connectivity index is 1.77. The number of hydrogen-bond acceptors (Lipinski definition) is 3. The molecule has 1 aromatic heterocycles. The maximum absolute atomic E-state index is 12.3. The minimum absolute atomic E-state index is 0.0598. The van der Waals surface area contributed by atoms with Gasteiger partial charge in [-0.15, -0.1) is 0 Å². The highest BCUT2D eigenvalue weighted by molar-refractivity contribution is 5.95. The number of nitrogens with one attached hydrogen (secondary N) is 1. The van der Waals surface area contributed by atoms with E-state index in [1.54, 1.807) is 6.20 Å². The van der Waals surface area contributed by atoms with E-state index in [2.05, 4.69) is 10.3 Å². The molecule has 0 bridgehead atoms. The third-order valence-corrected chi connectivity index (χ3v) is 4.17. The zero-order chi connectivity index (χ0) is 13.9. The minimum Gasteiger partial charge on any atom is -0.330 e. The first-order valence-electron chi connectivity index (χ1n) is 7.13. The van der Waals surface area contributed by atoms with Crippen LogP contribution in [0.1, 0.15) is 19.3 Å². The predicted octanol–water partition coefficient (Wildman–Crippen LogP) is 2.55. The predicted molar refractivity (Wildman–Crippen MR) is 80.3 cm³/mol. The minimum atomic E-state index is 0.0598. The Morgan fingerprint density at radius 3 is 3.10 bits per heavy atom. The van der Waals surface area contributed by atoms with Crippen molar-refractivity contribution in [1.82, 2.24) is 4.98 Å². The van der Waals surface area contributed by atoms with Crippen LogP contribution < -0.4 is 11.1 Å². The lowest BCUT2D eigenvalue weighted by molar-refractivity contribution is -0.120. The lowest BCUT2D eigenvalue weighted by Gasteiger charge is -2.17. The van der Waals surface area contributed by atoms with E-state index >= 15 is 0 Å². The Hall–Kier alpha value is -1.94. The van der Waals surface area contributed by atoms with Crippen LogP contribution in [0.3, 0.4) is 0 Å². The molecule has 2 atom stereocenters. The summed E-state index contributed by atoms with van der Waals surface area (Å²) in [6, 6.07) is 9.69. The van der Waals surface area contributed by atoms with Crippen molar-refractivity contribution in [3.63, 3.8) is 0 Å². The number of aromatic nitrogens is 1. The first kappa shape index (κ1) is 13.1. The molecule has 0 unspecified atom stereocenters. The van der Waals surface area contributed by atoms with E-state index in [4.69, 9.17) is 5.73 Å². The molecule has 2 aromatic rings. The van der Waals surface area contributed by atoms with Crippen molar-refractivity contribution < 1.29 is 4.79 Å². The number of benzene rings is 1. The molecule has 1 fully saturated rings. The summed E-state index contributed by atoms with van der Waals surface area (Å²) in [7, 11) is 0. The van der Waals surface area contributed by atoms with Crippen molar-refractivity contribution in [2.75, 3.05) is 11.9 Å². The molecule has 1 aromatic carbocycles. The quantitative estimate of drug-likeness (QED) is 0.899. The smallest absolute Gasteiger partial charge is 0.227 e. The SMILES string of the molecule is NC[C@H]1CCC[C@H]1C(=O)Nc1ccc2ncccc2c1. The molecule has 0 spiro atoms. The van der Waals surface area contributed by atoms with Gasteiger partial charge in [-0.3, -0.25) is 9.78 Å². The van der Waals surface area contributed by atoms with Crippen LogP contribution in [0.15, 0.2) is 36.5 Å². The molecule has 0 saturated heterocycles.